The maximum atomic E-state index is 13.1. The maximum absolute atomic E-state index is 13.1. The van der Waals surface area contributed by atoms with Crippen LogP contribution in [0.3, 0.4) is 0 Å². The van der Waals surface area contributed by atoms with E-state index >= 15 is 0 Å². The summed E-state index contributed by atoms with van der Waals surface area (Å²) in [5.41, 5.74) is 0.910. The number of sulfonamides is 1. The SMILES string of the molecule is Cc1cc(N2CCN(S(=O)(=O)c3ccc(F)cc3)CC2)nc(N2CCCC2)n1. The minimum Gasteiger partial charge on any atom is -0.354 e. The molecule has 1 aromatic heterocycles. The molecular weight excluding hydrogens is 381 g/mol. The van der Waals surface area contributed by atoms with E-state index in [1.165, 1.54) is 28.6 Å². The fraction of sp³-hybridized carbons (Fsp3) is 0.474. The Morgan fingerprint density at radius 3 is 2.18 bits per heavy atom. The molecule has 28 heavy (non-hydrogen) atoms. The van der Waals surface area contributed by atoms with Gasteiger partial charge in [-0.15, -0.1) is 0 Å². The Morgan fingerprint density at radius 2 is 1.54 bits per heavy atom. The average molecular weight is 405 g/mol. The number of anilines is 2. The van der Waals surface area contributed by atoms with Gasteiger partial charge >= 0.3 is 0 Å². The maximum Gasteiger partial charge on any atom is 0.243 e. The lowest BCUT2D eigenvalue weighted by atomic mass is 10.3. The molecule has 0 radical (unpaired) electrons. The zero-order valence-corrected chi connectivity index (χ0v) is 16.7. The van der Waals surface area contributed by atoms with Gasteiger partial charge < -0.3 is 9.80 Å². The van der Waals surface area contributed by atoms with Crippen molar-refractivity contribution in [3.63, 3.8) is 0 Å². The molecule has 0 N–H and O–H groups in total. The molecule has 0 unspecified atom stereocenters. The van der Waals surface area contributed by atoms with E-state index in [1.54, 1.807) is 0 Å². The van der Waals surface area contributed by atoms with Gasteiger partial charge in [0.2, 0.25) is 16.0 Å². The highest BCUT2D eigenvalue weighted by atomic mass is 32.2. The predicted molar refractivity (Wildman–Crippen MR) is 106 cm³/mol. The molecule has 9 heteroatoms. The zero-order valence-electron chi connectivity index (χ0n) is 15.9. The molecule has 0 amide bonds. The number of aromatic nitrogens is 2. The van der Waals surface area contributed by atoms with Crippen LogP contribution < -0.4 is 9.80 Å². The third-order valence-corrected chi connectivity index (χ3v) is 7.14. The van der Waals surface area contributed by atoms with E-state index in [2.05, 4.69) is 14.8 Å². The van der Waals surface area contributed by atoms with Crippen LogP contribution in [0.2, 0.25) is 0 Å². The minimum absolute atomic E-state index is 0.122. The first-order valence-corrected chi connectivity index (χ1v) is 11.0. The van der Waals surface area contributed by atoms with E-state index in [1.807, 2.05) is 13.0 Å². The van der Waals surface area contributed by atoms with Crippen LogP contribution in [0, 0.1) is 12.7 Å². The zero-order chi connectivity index (χ0) is 19.7. The normalized spacial score (nSPS) is 18.6. The van der Waals surface area contributed by atoms with Gasteiger partial charge in [0.25, 0.3) is 0 Å². The summed E-state index contributed by atoms with van der Waals surface area (Å²) in [6, 6.07) is 6.92. The van der Waals surface area contributed by atoms with Gasteiger partial charge in [0.1, 0.15) is 11.6 Å². The molecule has 0 atom stereocenters. The van der Waals surface area contributed by atoms with Crippen LogP contribution in [0.25, 0.3) is 0 Å². The molecule has 0 bridgehead atoms. The second-order valence-corrected chi connectivity index (χ2v) is 9.14. The molecule has 1 aromatic carbocycles. The molecular formula is C19H24FN5O2S. The molecule has 3 heterocycles. The standard InChI is InChI=1S/C19H24FN5O2S/c1-15-14-18(22-19(21-15)24-8-2-3-9-24)23-10-12-25(13-11-23)28(26,27)17-6-4-16(20)5-7-17/h4-7,14H,2-3,8-13H2,1H3. The first kappa shape index (κ1) is 19.1. The number of hydrogen-bond donors (Lipinski definition) is 0. The highest BCUT2D eigenvalue weighted by Crippen LogP contribution is 2.23. The lowest BCUT2D eigenvalue weighted by Gasteiger charge is -2.35. The van der Waals surface area contributed by atoms with E-state index in [0.717, 1.165) is 43.4 Å². The van der Waals surface area contributed by atoms with E-state index in [0.29, 0.717) is 26.2 Å². The summed E-state index contributed by atoms with van der Waals surface area (Å²) in [6.45, 7) is 5.75. The van der Waals surface area contributed by atoms with Crippen LogP contribution in [-0.2, 0) is 10.0 Å². The van der Waals surface area contributed by atoms with Gasteiger partial charge in [-0.05, 0) is 44.0 Å². The van der Waals surface area contributed by atoms with Crippen molar-refractivity contribution in [1.29, 1.82) is 0 Å². The van der Waals surface area contributed by atoms with Crippen molar-refractivity contribution in [2.75, 3.05) is 49.1 Å². The van der Waals surface area contributed by atoms with Gasteiger partial charge in [0, 0.05) is 51.0 Å². The topological polar surface area (TPSA) is 69.6 Å². The molecule has 4 rings (SSSR count). The summed E-state index contributed by atoms with van der Waals surface area (Å²) >= 11 is 0. The summed E-state index contributed by atoms with van der Waals surface area (Å²) in [6.07, 6.45) is 2.32. The Labute approximate surface area is 164 Å². The van der Waals surface area contributed by atoms with Crippen LogP contribution in [-0.4, -0.2) is 62.0 Å². The second-order valence-electron chi connectivity index (χ2n) is 7.21. The first-order chi connectivity index (χ1) is 13.4. The summed E-state index contributed by atoms with van der Waals surface area (Å²) in [5, 5.41) is 0. The third-order valence-electron chi connectivity index (χ3n) is 5.23. The van der Waals surface area contributed by atoms with Crippen molar-refractivity contribution in [3.05, 3.63) is 41.8 Å². The highest BCUT2D eigenvalue weighted by Gasteiger charge is 2.29. The van der Waals surface area contributed by atoms with Crippen LogP contribution in [0.15, 0.2) is 35.2 Å². The Kier molecular flexibility index (Phi) is 5.20. The van der Waals surface area contributed by atoms with Crippen molar-refractivity contribution >= 4 is 21.8 Å². The van der Waals surface area contributed by atoms with E-state index in [-0.39, 0.29) is 4.90 Å². The molecule has 2 aromatic rings. The lowest BCUT2D eigenvalue weighted by molar-refractivity contribution is 0.383. The number of piperazine rings is 1. The summed E-state index contributed by atoms with van der Waals surface area (Å²) in [5.74, 6) is 1.15. The van der Waals surface area contributed by atoms with Gasteiger partial charge in [-0.2, -0.15) is 9.29 Å². The minimum atomic E-state index is -3.61. The lowest BCUT2D eigenvalue weighted by Crippen LogP contribution is -2.49. The molecule has 0 aliphatic carbocycles. The number of aryl methyl sites for hydroxylation is 1. The largest absolute Gasteiger partial charge is 0.354 e. The van der Waals surface area contributed by atoms with Gasteiger partial charge in [-0.25, -0.2) is 17.8 Å². The van der Waals surface area contributed by atoms with Gasteiger partial charge in [0.15, 0.2) is 0 Å². The summed E-state index contributed by atoms with van der Waals surface area (Å²) < 4.78 is 40.1. The van der Waals surface area contributed by atoms with Crippen molar-refractivity contribution in [2.24, 2.45) is 0 Å². The van der Waals surface area contributed by atoms with E-state index in [9.17, 15) is 12.8 Å². The molecule has 2 aliphatic heterocycles. The fourth-order valence-corrected chi connectivity index (χ4v) is 5.09. The van der Waals surface area contributed by atoms with Crippen molar-refractivity contribution in [2.45, 2.75) is 24.7 Å². The molecule has 150 valence electrons. The molecule has 0 spiro atoms. The Balaban J connectivity index is 1.47. The van der Waals surface area contributed by atoms with Crippen LogP contribution in [0.4, 0.5) is 16.2 Å². The van der Waals surface area contributed by atoms with Gasteiger partial charge in [0.05, 0.1) is 4.90 Å². The van der Waals surface area contributed by atoms with E-state index < -0.39 is 15.8 Å². The highest BCUT2D eigenvalue weighted by molar-refractivity contribution is 7.89. The predicted octanol–water partition coefficient (Wildman–Crippen LogP) is 2.04. The fourth-order valence-electron chi connectivity index (χ4n) is 3.67. The molecule has 2 aliphatic rings. The number of rotatable bonds is 4. The quantitative estimate of drug-likeness (QED) is 0.775. The van der Waals surface area contributed by atoms with Crippen molar-refractivity contribution in [3.8, 4) is 0 Å². The second kappa shape index (κ2) is 7.63. The third kappa shape index (κ3) is 3.81. The smallest absolute Gasteiger partial charge is 0.243 e. The summed E-state index contributed by atoms with van der Waals surface area (Å²) in [4.78, 5) is 13.7. The molecule has 2 fully saturated rings. The van der Waals surface area contributed by atoms with Gasteiger partial charge in [-0.3, -0.25) is 0 Å². The molecule has 7 nitrogen and oxygen atoms in total. The number of nitrogens with zero attached hydrogens (tertiary/aromatic N) is 5. The van der Waals surface area contributed by atoms with E-state index in [4.69, 9.17) is 4.98 Å². The molecule has 2 saturated heterocycles. The van der Waals surface area contributed by atoms with Crippen LogP contribution >= 0.6 is 0 Å². The monoisotopic (exact) mass is 405 g/mol. The Hall–Kier alpha value is -2.26. The number of benzene rings is 1. The number of hydrogen-bond acceptors (Lipinski definition) is 6. The van der Waals surface area contributed by atoms with Gasteiger partial charge in [-0.1, -0.05) is 0 Å². The summed E-state index contributed by atoms with van der Waals surface area (Å²) in [7, 11) is -3.61. The first-order valence-electron chi connectivity index (χ1n) is 9.55. The van der Waals surface area contributed by atoms with Crippen molar-refractivity contribution in [1.82, 2.24) is 14.3 Å². The van der Waals surface area contributed by atoms with Crippen molar-refractivity contribution < 1.29 is 12.8 Å². The van der Waals surface area contributed by atoms with Crippen LogP contribution in [0.1, 0.15) is 18.5 Å². The molecule has 0 saturated carbocycles. The Bertz CT molecular complexity index is 937. The Morgan fingerprint density at radius 1 is 0.893 bits per heavy atom. The average Bonchev–Trinajstić information content (AvgIpc) is 3.23. The van der Waals surface area contributed by atoms with Crippen LogP contribution in [0.5, 0.6) is 0 Å². The number of halogens is 1.